The van der Waals surface area contributed by atoms with Crippen molar-refractivity contribution in [1.82, 2.24) is 0 Å². The zero-order chi connectivity index (χ0) is 10.8. The van der Waals surface area contributed by atoms with Gasteiger partial charge in [0.1, 0.15) is 5.78 Å². The average molecular weight is 203 g/mol. The van der Waals surface area contributed by atoms with Crippen LogP contribution in [0, 0.1) is 13.8 Å². The number of hydrogen-bond acceptors (Lipinski definition) is 2. The van der Waals surface area contributed by atoms with Gasteiger partial charge >= 0.3 is 0 Å². The van der Waals surface area contributed by atoms with Crippen molar-refractivity contribution in [2.45, 2.75) is 26.7 Å². The topological polar surface area (TPSA) is 20.3 Å². The highest BCUT2D eigenvalue weighted by atomic mass is 16.1. The number of benzene rings is 1. The number of carbonyl (C=O) groups excluding carboxylic acids is 1. The SMILES string of the molecule is Cc1ccc(N2CCC(=O)CC2)c(C)c1. The van der Waals surface area contributed by atoms with Gasteiger partial charge in [0.05, 0.1) is 0 Å². The van der Waals surface area contributed by atoms with Crippen LogP contribution in [-0.2, 0) is 4.79 Å². The Labute approximate surface area is 90.9 Å². The minimum absolute atomic E-state index is 0.399. The normalized spacial score (nSPS) is 16.9. The number of ketones is 1. The van der Waals surface area contributed by atoms with Gasteiger partial charge in [-0.2, -0.15) is 0 Å². The number of aryl methyl sites for hydroxylation is 2. The fraction of sp³-hybridized carbons (Fsp3) is 0.462. The Morgan fingerprint density at radius 2 is 1.80 bits per heavy atom. The maximum atomic E-state index is 11.2. The Balaban J connectivity index is 2.19. The van der Waals surface area contributed by atoms with Crippen molar-refractivity contribution >= 4 is 11.5 Å². The first-order valence-electron chi connectivity index (χ1n) is 5.51. The van der Waals surface area contributed by atoms with Crippen LogP contribution in [-0.4, -0.2) is 18.9 Å². The molecule has 2 heteroatoms. The van der Waals surface area contributed by atoms with Gasteiger partial charge in [0.2, 0.25) is 0 Å². The number of anilines is 1. The molecule has 0 unspecified atom stereocenters. The molecule has 80 valence electrons. The maximum absolute atomic E-state index is 11.2. The number of carbonyl (C=O) groups is 1. The molecule has 1 fully saturated rings. The molecule has 0 bridgehead atoms. The highest BCUT2D eigenvalue weighted by molar-refractivity contribution is 5.81. The van der Waals surface area contributed by atoms with Crippen LogP contribution in [0.4, 0.5) is 5.69 Å². The van der Waals surface area contributed by atoms with Crippen LogP contribution in [0.25, 0.3) is 0 Å². The second-order valence-corrected chi connectivity index (χ2v) is 4.32. The van der Waals surface area contributed by atoms with Gasteiger partial charge in [0.25, 0.3) is 0 Å². The Bertz CT molecular complexity index is 374. The number of rotatable bonds is 1. The lowest BCUT2D eigenvalue weighted by Gasteiger charge is -2.29. The van der Waals surface area contributed by atoms with E-state index in [9.17, 15) is 4.79 Å². The molecule has 1 aliphatic rings. The molecule has 2 rings (SSSR count). The molecule has 0 aromatic heterocycles. The molecule has 0 aliphatic carbocycles. The molecule has 0 spiro atoms. The van der Waals surface area contributed by atoms with Gasteiger partial charge in [-0.25, -0.2) is 0 Å². The predicted octanol–water partition coefficient (Wildman–Crippen LogP) is 2.47. The zero-order valence-corrected chi connectivity index (χ0v) is 9.42. The molecule has 1 saturated heterocycles. The highest BCUT2D eigenvalue weighted by Gasteiger charge is 2.17. The largest absolute Gasteiger partial charge is 0.370 e. The van der Waals surface area contributed by atoms with E-state index >= 15 is 0 Å². The van der Waals surface area contributed by atoms with Crippen LogP contribution in [0.15, 0.2) is 18.2 Å². The molecule has 1 aliphatic heterocycles. The predicted molar refractivity (Wildman–Crippen MR) is 62.4 cm³/mol. The summed E-state index contributed by atoms with van der Waals surface area (Å²) in [4.78, 5) is 13.5. The van der Waals surface area contributed by atoms with Gasteiger partial charge in [0, 0.05) is 31.6 Å². The van der Waals surface area contributed by atoms with Gasteiger partial charge < -0.3 is 4.90 Å². The second-order valence-electron chi connectivity index (χ2n) is 4.32. The van der Waals surface area contributed by atoms with Crippen LogP contribution < -0.4 is 4.90 Å². The third kappa shape index (κ3) is 2.20. The van der Waals surface area contributed by atoms with Gasteiger partial charge in [0.15, 0.2) is 0 Å². The molecule has 1 aromatic carbocycles. The lowest BCUT2D eigenvalue weighted by atomic mass is 10.1. The Kier molecular flexibility index (Phi) is 2.76. The lowest BCUT2D eigenvalue weighted by Crippen LogP contribution is -2.34. The number of Topliss-reactive ketones (excluding diaryl/α,β-unsaturated/α-hetero) is 1. The van der Waals surface area contributed by atoms with Crippen molar-refractivity contribution in [2.24, 2.45) is 0 Å². The molecule has 1 aromatic rings. The number of hydrogen-bond donors (Lipinski definition) is 0. The lowest BCUT2D eigenvalue weighted by molar-refractivity contribution is -0.119. The first-order chi connectivity index (χ1) is 7.16. The summed E-state index contributed by atoms with van der Waals surface area (Å²) in [7, 11) is 0. The summed E-state index contributed by atoms with van der Waals surface area (Å²) >= 11 is 0. The molecule has 0 saturated carbocycles. The van der Waals surface area contributed by atoms with Gasteiger partial charge in [-0.05, 0) is 25.5 Å². The van der Waals surface area contributed by atoms with Crippen molar-refractivity contribution in [1.29, 1.82) is 0 Å². The summed E-state index contributed by atoms with van der Waals surface area (Å²) in [6.07, 6.45) is 1.40. The summed E-state index contributed by atoms with van der Waals surface area (Å²) in [6, 6.07) is 6.50. The van der Waals surface area contributed by atoms with E-state index < -0.39 is 0 Å². The minimum atomic E-state index is 0.399. The van der Waals surface area contributed by atoms with Crippen molar-refractivity contribution in [3.05, 3.63) is 29.3 Å². The summed E-state index contributed by atoms with van der Waals surface area (Å²) in [5.74, 6) is 0.399. The molecular weight excluding hydrogens is 186 g/mol. The van der Waals surface area contributed by atoms with Crippen molar-refractivity contribution in [3.8, 4) is 0 Å². The first kappa shape index (κ1) is 10.2. The molecule has 0 radical (unpaired) electrons. The fourth-order valence-electron chi connectivity index (χ4n) is 2.16. The number of piperidine rings is 1. The monoisotopic (exact) mass is 203 g/mol. The van der Waals surface area contributed by atoms with E-state index in [4.69, 9.17) is 0 Å². The summed E-state index contributed by atoms with van der Waals surface area (Å²) in [5, 5.41) is 0. The van der Waals surface area contributed by atoms with E-state index in [2.05, 4.69) is 36.9 Å². The molecule has 0 atom stereocenters. The van der Waals surface area contributed by atoms with E-state index in [1.807, 2.05) is 0 Å². The van der Waals surface area contributed by atoms with Crippen LogP contribution >= 0.6 is 0 Å². The van der Waals surface area contributed by atoms with Gasteiger partial charge in [-0.15, -0.1) is 0 Å². The average Bonchev–Trinajstić information content (AvgIpc) is 2.20. The molecular formula is C13H17NO. The fourth-order valence-corrected chi connectivity index (χ4v) is 2.16. The van der Waals surface area contributed by atoms with Crippen molar-refractivity contribution < 1.29 is 4.79 Å². The van der Waals surface area contributed by atoms with E-state index in [-0.39, 0.29) is 0 Å². The molecule has 0 amide bonds. The quantitative estimate of drug-likeness (QED) is 0.699. The minimum Gasteiger partial charge on any atom is -0.370 e. The Hall–Kier alpha value is -1.31. The Morgan fingerprint density at radius 3 is 2.40 bits per heavy atom. The first-order valence-corrected chi connectivity index (χ1v) is 5.51. The van der Waals surface area contributed by atoms with Crippen LogP contribution in [0.5, 0.6) is 0 Å². The van der Waals surface area contributed by atoms with Gasteiger partial charge in [-0.3, -0.25) is 4.79 Å². The van der Waals surface area contributed by atoms with E-state index in [1.165, 1.54) is 16.8 Å². The maximum Gasteiger partial charge on any atom is 0.136 e. The molecule has 0 N–H and O–H groups in total. The summed E-state index contributed by atoms with van der Waals surface area (Å²) < 4.78 is 0. The van der Waals surface area contributed by atoms with Gasteiger partial charge in [-0.1, -0.05) is 17.7 Å². The molecule has 2 nitrogen and oxygen atoms in total. The Morgan fingerprint density at radius 1 is 1.13 bits per heavy atom. The highest BCUT2D eigenvalue weighted by Crippen LogP contribution is 2.23. The van der Waals surface area contributed by atoms with Crippen LogP contribution in [0.1, 0.15) is 24.0 Å². The third-order valence-electron chi connectivity index (χ3n) is 3.01. The van der Waals surface area contributed by atoms with Crippen molar-refractivity contribution in [3.63, 3.8) is 0 Å². The third-order valence-corrected chi connectivity index (χ3v) is 3.01. The standard InChI is InChI=1S/C13H17NO/c1-10-3-4-13(11(2)9-10)14-7-5-12(15)6-8-14/h3-4,9H,5-8H2,1-2H3. The smallest absolute Gasteiger partial charge is 0.136 e. The van der Waals surface area contributed by atoms with Crippen LogP contribution in [0.2, 0.25) is 0 Å². The van der Waals surface area contributed by atoms with Crippen molar-refractivity contribution in [2.75, 3.05) is 18.0 Å². The van der Waals surface area contributed by atoms with E-state index in [0.717, 1.165) is 13.1 Å². The van der Waals surface area contributed by atoms with E-state index in [1.54, 1.807) is 0 Å². The molecule has 15 heavy (non-hydrogen) atoms. The summed E-state index contributed by atoms with van der Waals surface area (Å²) in [6.45, 7) is 6.00. The zero-order valence-electron chi connectivity index (χ0n) is 9.42. The van der Waals surface area contributed by atoms with E-state index in [0.29, 0.717) is 18.6 Å². The number of nitrogens with zero attached hydrogens (tertiary/aromatic N) is 1. The van der Waals surface area contributed by atoms with Crippen LogP contribution in [0.3, 0.4) is 0 Å². The summed E-state index contributed by atoms with van der Waals surface area (Å²) in [5.41, 5.74) is 3.89. The molecule has 1 heterocycles. The second kappa shape index (κ2) is 4.05.